The fraction of sp³-hybridized carbons (Fsp3) is 0.562. The summed E-state index contributed by atoms with van der Waals surface area (Å²) in [6.07, 6.45) is 0.316. The van der Waals surface area contributed by atoms with Crippen LogP contribution in [0.2, 0.25) is 0 Å². The summed E-state index contributed by atoms with van der Waals surface area (Å²) in [5, 5.41) is 8.95. The SMILES string of the molecule is CCC(NS(=O)(=O)c1ccc(F)cc1)C(=O)N1CCN(CCO)CC1. The van der Waals surface area contributed by atoms with Crippen molar-refractivity contribution < 1.29 is 22.7 Å². The zero-order valence-corrected chi connectivity index (χ0v) is 15.0. The first-order chi connectivity index (χ1) is 11.9. The van der Waals surface area contributed by atoms with Gasteiger partial charge in [0.15, 0.2) is 0 Å². The topological polar surface area (TPSA) is 90.0 Å². The van der Waals surface area contributed by atoms with Crippen molar-refractivity contribution in [2.45, 2.75) is 24.3 Å². The van der Waals surface area contributed by atoms with E-state index in [1.54, 1.807) is 11.8 Å². The van der Waals surface area contributed by atoms with Crippen LogP contribution in [0.5, 0.6) is 0 Å². The number of carbonyl (C=O) groups excluding carboxylic acids is 1. The van der Waals surface area contributed by atoms with Gasteiger partial charge in [-0.2, -0.15) is 4.72 Å². The average molecular weight is 373 g/mol. The van der Waals surface area contributed by atoms with E-state index < -0.39 is 21.9 Å². The van der Waals surface area contributed by atoms with E-state index in [-0.39, 0.29) is 17.4 Å². The maximum atomic E-state index is 13.0. The summed E-state index contributed by atoms with van der Waals surface area (Å²) in [5.74, 6) is -0.792. The number of amides is 1. The lowest BCUT2D eigenvalue weighted by Gasteiger charge is -2.36. The van der Waals surface area contributed by atoms with Crippen LogP contribution in [0.15, 0.2) is 29.2 Å². The molecule has 1 heterocycles. The van der Waals surface area contributed by atoms with E-state index in [1.807, 2.05) is 4.90 Å². The summed E-state index contributed by atoms with van der Waals surface area (Å²) in [7, 11) is -3.90. The molecule has 1 atom stereocenters. The Bertz CT molecular complexity index is 673. The fourth-order valence-corrected chi connectivity index (χ4v) is 4.00. The second-order valence-corrected chi connectivity index (χ2v) is 7.64. The molecule has 25 heavy (non-hydrogen) atoms. The molecule has 7 nitrogen and oxygen atoms in total. The average Bonchev–Trinajstić information content (AvgIpc) is 2.60. The van der Waals surface area contributed by atoms with E-state index >= 15 is 0 Å². The molecular weight excluding hydrogens is 349 g/mol. The van der Waals surface area contributed by atoms with Crippen LogP contribution in [-0.2, 0) is 14.8 Å². The smallest absolute Gasteiger partial charge is 0.241 e. The maximum Gasteiger partial charge on any atom is 0.241 e. The van der Waals surface area contributed by atoms with Crippen molar-refractivity contribution in [3.05, 3.63) is 30.1 Å². The normalized spacial score (nSPS) is 17.5. The van der Waals surface area contributed by atoms with Crippen LogP contribution in [0.3, 0.4) is 0 Å². The van der Waals surface area contributed by atoms with Crippen LogP contribution in [0.1, 0.15) is 13.3 Å². The molecule has 1 unspecified atom stereocenters. The van der Waals surface area contributed by atoms with Crippen molar-refractivity contribution in [3.8, 4) is 0 Å². The van der Waals surface area contributed by atoms with Crippen LogP contribution >= 0.6 is 0 Å². The van der Waals surface area contributed by atoms with Crippen molar-refractivity contribution >= 4 is 15.9 Å². The molecule has 1 amide bonds. The Hall–Kier alpha value is -1.55. The van der Waals surface area contributed by atoms with E-state index in [0.29, 0.717) is 39.1 Å². The van der Waals surface area contributed by atoms with Gasteiger partial charge in [-0.25, -0.2) is 12.8 Å². The van der Waals surface area contributed by atoms with Gasteiger partial charge >= 0.3 is 0 Å². The van der Waals surface area contributed by atoms with Gasteiger partial charge in [-0.15, -0.1) is 0 Å². The lowest BCUT2D eigenvalue weighted by atomic mass is 10.2. The fourth-order valence-electron chi connectivity index (χ4n) is 2.73. The monoisotopic (exact) mass is 373 g/mol. The van der Waals surface area contributed by atoms with E-state index in [4.69, 9.17) is 5.11 Å². The van der Waals surface area contributed by atoms with Gasteiger partial charge in [0.1, 0.15) is 11.9 Å². The predicted molar refractivity (Wildman–Crippen MR) is 90.9 cm³/mol. The molecule has 1 saturated heterocycles. The number of nitrogens with one attached hydrogen (secondary N) is 1. The number of hydrogen-bond acceptors (Lipinski definition) is 5. The van der Waals surface area contributed by atoms with Gasteiger partial charge in [-0.05, 0) is 30.7 Å². The van der Waals surface area contributed by atoms with E-state index in [2.05, 4.69) is 4.72 Å². The predicted octanol–water partition coefficient (Wildman–Crippen LogP) is 0.0191. The van der Waals surface area contributed by atoms with Crippen molar-refractivity contribution in [1.82, 2.24) is 14.5 Å². The first-order valence-corrected chi connectivity index (χ1v) is 9.75. The quantitative estimate of drug-likeness (QED) is 0.703. The second-order valence-electron chi connectivity index (χ2n) is 5.93. The van der Waals surface area contributed by atoms with Crippen LogP contribution in [0.4, 0.5) is 4.39 Å². The Balaban J connectivity index is 2.01. The number of rotatable bonds is 7. The summed E-state index contributed by atoms with van der Waals surface area (Å²) >= 11 is 0. The summed E-state index contributed by atoms with van der Waals surface area (Å²) in [6.45, 7) is 4.65. The van der Waals surface area contributed by atoms with E-state index in [1.165, 1.54) is 12.1 Å². The van der Waals surface area contributed by atoms with Gasteiger partial charge in [0, 0.05) is 32.7 Å². The Labute approximate surface area is 147 Å². The number of halogens is 1. The number of β-amino-alcohol motifs (C(OH)–C–C–N with tert-alkyl or cyclic N) is 1. The van der Waals surface area contributed by atoms with Gasteiger partial charge in [0.2, 0.25) is 15.9 Å². The zero-order valence-electron chi connectivity index (χ0n) is 14.2. The highest BCUT2D eigenvalue weighted by Crippen LogP contribution is 2.13. The van der Waals surface area contributed by atoms with Gasteiger partial charge in [-0.1, -0.05) is 6.92 Å². The summed E-state index contributed by atoms with van der Waals surface area (Å²) in [6, 6.07) is 3.61. The molecule has 140 valence electrons. The second kappa shape index (κ2) is 8.70. The Morgan fingerprint density at radius 1 is 1.24 bits per heavy atom. The number of sulfonamides is 1. The summed E-state index contributed by atoms with van der Waals surface area (Å²) in [5.41, 5.74) is 0. The molecule has 2 N–H and O–H groups in total. The lowest BCUT2D eigenvalue weighted by Crippen LogP contribution is -2.55. The largest absolute Gasteiger partial charge is 0.395 e. The summed E-state index contributed by atoms with van der Waals surface area (Å²) in [4.78, 5) is 16.2. The molecule has 1 aromatic carbocycles. The molecule has 1 aliphatic rings. The Morgan fingerprint density at radius 2 is 1.84 bits per heavy atom. The zero-order chi connectivity index (χ0) is 18.4. The maximum absolute atomic E-state index is 13.0. The Kier molecular flexibility index (Phi) is 6.88. The number of piperazine rings is 1. The van der Waals surface area contributed by atoms with Crippen LogP contribution in [0.25, 0.3) is 0 Å². The molecule has 2 rings (SSSR count). The molecule has 1 aromatic rings. The molecule has 0 radical (unpaired) electrons. The van der Waals surface area contributed by atoms with Crippen molar-refractivity contribution in [1.29, 1.82) is 0 Å². The van der Waals surface area contributed by atoms with Crippen LogP contribution < -0.4 is 4.72 Å². The van der Waals surface area contributed by atoms with Gasteiger partial charge in [0.05, 0.1) is 11.5 Å². The Morgan fingerprint density at radius 3 is 2.36 bits per heavy atom. The van der Waals surface area contributed by atoms with Gasteiger partial charge < -0.3 is 10.0 Å². The first kappa shape index (κ1) is 19.8. The highest BCUT2D eigenvalue weighted by Gasteiger charge is 2.29. The number of nitrogens with zero attached hydrogens (tertiary/aromatic N) is 2. The number of aliphatic hydroxyl groups excluding tert-OH is 1. The number of carbonyl (C=O) groups is 1. The van der Waals surface area contributed by atoms with Crippen LogP contribution in [0, 0.1) is 5.82 Å². The molecule has 1 fully saturated rings. The molecule has 0 bridgehead atoms. The molecule has 0 spiro atoms. The minimum atomic E-state index is -3.90. The molecule has 0 aromatic heterocycles. The summed E-state index contributed by atoms with van der Waals surface area (Å²) < 4.78 is 40.2. The molecule has 1 aliphatic heterocycles. The minimum absolute atomic E-state index is 0.0724. The third kappa shape index (κ3) is 5.21. The van der Waals surface area contributed by atoms with Crippen molar-refractivity contribution in [2.75, 3.05) is 39.3 Å². The highest BCUT2D eigenvalue weighted by atomic mass is 32.2. The minimum Gasteiger partial charge on any atom is -0.395 e. The van der Waals surface area contributed by atoms with Gasteiger partial charge in [0.25, 0.3) is 0 Å². The first-order valence-electron chi connectivity index (χ1n) is 8.27. The van der Waals surface area contributed by atoms with Gasteiger partial charge in [-0.3, -0.25) is 9.69 Å². The molecule has 0 saturated carbocycles. The number of benzene rings is 1. The molecule has 9 heteroatoms. The van der Waals surface area contributed by atoms with E-state index in [0.717, 1.165) is 12.1 Å². The number of hydrogen-bond donors (Lipinski definition) is 2. The lowest BCUT2D eigenvalue weighted by molar-refractivity contribution is -0.134. The van der Waals surface area contributed by atoms with Crippen molar-refractivity contribution in [3.63, 3.8) is 0 Å². The van der Waals surface area contributed by atoms with E-state index in [9.17, 15) is 17.6 Å². The highest BCUT2D eigenvalue weighted by molar-refractivity contribution is 7.89. The van der Waals surface area contributed by atoms with Crippen molar-refractivity contribution in [2.24, 2.45) is 0 Å². The van der Waals surface area contributed by atoms with Crippen LogP contribution in [-0.4, -0.2) is 74.6 Å². The molecular formula is C16H24FN3O4S. The standard InChI is InChI=1S/C16H24FN3O4S/c1-2-15(16(22)20-9-7-19(8-10-20)11-12-21)18-25(23,24)14-5-3-13(17)4-6-14/h3-6,15,18,21H,2,7-12H2,1H3. The number of aliphatic hydroxyl groups is 1. The third-order valence-corrected chi connectivity index (χ3v) is 5.72. The molecule has 0 aliphatic carbocycles. The third-order valence-electron chi connectivity index (χ3n) is 4.23.